The van der Waals surface area contributed by atoms with Gasteiger partial charge in [0.25, 0.3) is 0 Å². The molecule has 100 valence electrons. The first-order valence-electron chi connectivity index (χ1n) is 7.18. The molecule has 3 saturated heterocycles. The van der Waals surface area contributed by atoms with Gasteiger partial charge in [-0.25, -0.2) is 0 Å². The van der Waals surface area contributed by atoms with Crippen LogP contribution in [-0.4, -0.2) is 23.3 Å². The van der Waals surface area contributed by atoms with Crippen molar-refractivity contribution < 1.29 is 14.3 Å². The molecule has 4 fully saturated rings. The van der Waals surface area contributed by atoms with Crippen LogP contribution in [-0.2, 0) is 14.3 Å². The van der Waals surface area contributed by atoms with Gasteiger partial charge in [0, 0.05) is 0 Å². The highest BCUT2D eigenvalue weighted by Crippen LogP contribution is 2.75. The summed E-state index contributed by atoms with van der Waals surface area (Å²) in [5.41, 5.74) is -0.422. The lowest BCUT2D eigenvalue weighted by Crippen LogP contribution is -2.62. The molecule has 18 heavy (non-hydrogen) atoms. The van der Waals surface area contributed by atoms with E-state index in [0.717, 1.165) is 25.7 Å². The molecule has 3 nitrogen and oxygen atoms in total. The average Bonchev–Trinajstić information content (AvgIpc) is 2.80. The van der Waals surface area contributed by atoms with E-state index < -0.39 is 0 Å². The van der Waals surface area contributed by atoms with E-state index in [-0.39, 0.29) is 40.0 Å². The minimum atomic E-state index is -0.289. The molecule has 5 atom stereocenters. The van der Waals surface area contributed by atoms with Gasteiger partial charge in [0.15, 0.2) is 0 Å². The van der Waals surface area contributed by atoms with Gasteiger partial charge in [-0.2, -0.15) is 0 Å². The Bertz CT molecular complexity index is 457. The van der Waals surface area contributed by atoms with Crippen molar-refractivity contribution in [2.45, 2.75) is 70.7 Å². The van der Waals surface area contributed by atoms with E-state index >= 15 is 0 Å². The molecular formula is C15H22O3. The van der Waals surface area contributed by atoms with Crippen molar-refractivity contribution in [2.75, 3.05) is 0 Å². The summed E-state index contributed by atoms with van der Waals surface area (Å²) >= 11 is 0. The molecule has 3 aliphatic heterocycles. The number of fused-ring (bicyclic) bond motifs is 2. The Kier molecular flexibility index (Phi) is 1.66. The third-order valence-corrected chi connectivity index (χ3v) is 6.75. The normalized spacial score (nSPS) is 59.7. The molecule has 0 unspecified atom stereocenters. The summed E-state index contributed by atoms with van der Waals surface area (Å²) in [5.74, 6) is -0.0624. The Morgan fingerprint density at radius 3 is 2.56 bits per heavy atom. The Labute approximate surface area is 108 Å². The second kappa shape index (κ2) is 2.65. The highest BCUT2D eigenvalue weighted by molar-refractivity contribution is 5.79. The largest absolute Gasteiger partial charge is 0.461 e. The van der Waals surface area contributed by atoms with Crippen LogP contribution in [0.5, 0.6) is 0 Å². The van der Waals surface area contributed by atoms with E-state index in [1.54, 1.807) is 0 Å². The van der Waals surface area contributed by atoms with Gasteiger partial charge in [-0.15, -0.1) is 0 Å². The minimum absolute atomic E-state index is 0.00993. The SMILES string of the molecule is CC1(C)CC[C@@H]2OC(=O)[C@H]3[C@]2(C)[C@@]12CC[C@@]3(C)O2. The molecular weight excluding hydrogens is 228 g/mol. The van der Waals surface area contributed by atoms with E-state index in [1.807, 2.05) is 0 Å². The summed E-state index contributed by atoms with van der Waals surface area (Å²) in [6, 6.07) is 0. The van der Waals surface area contributed by atoms with Crippen molar-refractivity contribution in [3.63, 3.8) is 0 Å². The van der Waals surface area contributed by atoms with Gasteiger partial charge < -0.3 is 9.47 Å². The minimum Gasteiger partial charge on any atom is -0.461 e. The van der Waals surface area contributed by atoms with Gasteiger partial charge >= 0.3 is 5.97 Å². The molecule has 3 heterocycles. The van der Waals surface area contributed by atoms with Gasteiger partial charge in [-0.3, -0.25) is 4.79 Å². The number of ether oxygens (including phenoxy) is 2. The van der Waals surface area contributed by atoms with Crippen molar-refractivity contribution in [3.8, 4) is 0 Å². The lowest BCUT2D eigenvalue weighted by Gasteiger charge is -2.56. The molecule has 0 aromatic rings. The molecule has 2 bridgehead atoms. The number of esters is 1. The van der Waals surface area contributed by atoms with Gasteiger partial charge in [-0.05, 0) is 38.0 Å². The maximum Gasteiger partial charge on any atom is 0.312 e. The number of hydrogen-bond donors (Lipinski definition) is 0. The summed E-state index contributed by atoms with van der Waals surface area (Å²) in [6.45, 7) is 8.99. The van der Waals surface area contributed by atoms with Crippen molar-refractivity contribution in [1.82, 2.24) is 0 Å². The molecule has 4 aliphatic rings. The molecule has 0 aromatic carbocycles. The van der Waals surface area contributed by atoms with Gasteiger partial charge in [0.1, 0.15) is 6.10 Å². The zero-order valence-corrected chi connectivity index (χ0v) is 11.7. The zero-order chi connectivity index (χ0) is 13.0. The Hall–Kier alpha value is -0.570. The first-order valence-corrected chi connectivity index (χ1v) is 7.18. The molecule has 0 aromatic heterocycles. The second-order valence-electron chi connectivity index (χ2n) is 7.81. The summed E-state index contributed by atoms with van der Waals surface area (Å²) in [5, 5.41) is 0. The maximum atomic E-state index is 12.3. The van der Waals surface area contributed by atoms with Gasteiger partial charge in [-0.1, -0.05) is 20.8 Å². The van der Waals surface area contributed by atoms with Crippen LogP contribution >= 0.6 is 0 Å². The third-order valence-electron chi connectivity index (χ3n) is 6.75. The quantitative estimate of drug-likeness (QED) is 0.620. The van der Waals surface area contributed by atoms with E-state index in [2.05, 4.69) is 27.7 Å². The second-order valence-corrected chi connectivity index (χ2v) is 7.81. The smallest absolute Gasteiger partial charge is 0.312 e. The predicted molar refractivity (Wildman–Crippen MR) is 65.9 cm³/mol. The highest BCUT2D eigenvalue weighted by Gasteiger charge is 2.83. The van der Waals surface area contributed by atoms with Crippen LogP contribution in [0.2, 0.25) is 0 Å². The number of rotatable bonds is 0. The van der Waals surface area contributed by atoms with Crippen LogP contribution in [0, 0.1) is 16.7 Å². The predicted octanol–water partition coefficient (Wildman–Crippen LogP) is 2.68. The zero-order valence-electron chi connectivity index (χ0n) is 11.7. The standard InChI is InChI=1S/C15H22O3/c1-12(2)6-5-9-14(4)10(11(16)17-9)13(3)7-8-15(12,14)18-13/h9-10H,5-8H2,1-4H3/t9-,10+,13+,14+,15+/m0/s1. The molecule has 1 spiro atoms. The molecule has 4 rings (SSSR count). The summed E-state index contributed by atoms with van der Waals surface area (Å²) in [6.07, 6.45) is 4.23. The van der Waals surface area contributed by atoms with Crippen LogP contribution < -0.4 is 0 Å². The topological polar surface area (TPSA) is 35.5 Å². The fraction of sp³-hybridized carbons (Fsp3) is 0.933. The van der Waals surface area contributed by atoms with Crippen LogP contribution in [0.1, 0.15) is 53.4 Å². The van der Waals surface area contributed by atoms with Crippen LogP contribution in [0.3, 0.4) is 0 Å². The molecule has 1 saturated carbocycles. The van der Waals surface area contributed by atoms with E-state index in [9.17, 15) is 4.79 Å². The number of carbonyl (C=O) groups is 1. The molecule has 3 heteroatoms. The summed E-state index contributed by atoms with van der Waals surface area (Å²) in [7, 11) is 0. The van der Waals surface area contributed by atoms with Crippen molar-refractivity contribution >= 4 is 5.97 Å². The van der Waals surface area contributed by atoms with E-state index in [1.165, 1.54) is 0 Å². The monoisotopic (exact) mass is 250 g/mol. The Balaban J connectivity index is 1.98. The molecule has 0 radical (unpaired) electrons. The first-order chi connectivity index (χ1) is 8.27. The molecule has 0 N–H and O–H groups in total. The first kappa shape index (κ1) is 11.3. The average molecular weight is 250 g/mol. The fourth-order valence-electron chi connectivity index (χ4n) is 5.90. The summed E-state index contributed by atoms with van der Waals surface area (Å²) < 4.78 is 12.3. The van der Waals surface area contributed by atoms with Gasteiger partial charge in [0.2, 0.25) is 0 Å². The third kappa shape index (κ3) is 0.824. The highest BCUT2D eigenvalue weighted by atomic mass is 16.6. The lowest BCUT2D eigenvalue weighted by molar-refractivity contribution is -0.199. The van der Waals surface area contributed by atoms with Crippen LogP contribution in [0.25, 0.3) is 0 Å². The van der Waals surface area contributed by atoms with E-state index in [4.69, 9.17) is 9.47 Å². The number of hydrogen-bond acceptors (Lipinski definition) is 3. The van der Waals surface area contributed by atoms with Crippen molar-refractivity contribution in [3.05, 3.63) is 0 Å². The Morgan fingerprint density at radius 1 is 1.11 bits per heavy atom. The van der Waals surface area contributed by atoms with Crippen LogP contribution in [0.4, 0.5) is 0 Å². The van der Waals surface area contributed by atoms with Crippen LogP contribution in [0.15, 0.2) is 0 Å². The van der Waals surface area contributed by atoms with Gasteiger partial charge in [0.05, 0.1) is 22.5 Å². The summed E-state index contributed by atoms with van der Waals surface area (Å²) in [4.78, 5) is 12.3. The Morgan fingerprint density at radius 2 is 1.83 bits per heavy atom. The van der Waals surface area contributed by atoms with Crippen molar-refractivity contribution in [2.24, 2.45) is 16.7 Å². The maximum absolute atomic E-state index is 12.3. The fourth-order valence-corrected chi connectivity index (χ4v) is 5.90. The van der Waals surface area contributed by atoms with Crippen molar-refractivity contribution in [1.29, 1.82) is 0 Å². The molecule has 0 amide bonds. The molecule has 1 aliphatic carbocycles. The van der Waals surface area contributed by atoms with E-state index in [0.29, 0.717) is 0 Å². The lowest BCUT2D eigenvalue weighted by atomic mass is 9.46. The number of carbonyl (C=O) groups excluding carboxylic acids is 1.